The van der Waals surface area contributed by atoms with Crippen LogP contribution in [0.25, 0.3) is 0 Å². The monoisotopic (exact) mass is 347 g/mol. The highest BCUT2D eigenvalue weighted by Gasteiger charge is 2.31. The van der Waals surface area contributed by atoms with Gasteiger partial charge < -0.3 is 14.2 Å². The number of benzene rings is 1. The number of halogens is 1. The lowest BCUT2D eigenvalue weighted by molar-refractivity contribution is -0.133. The topological polar surface area (TPSA) is 68.5 Å². The molecule has 1 fully saturated rings. The Balaban J connectivity index is 1.49. The van der Waals surface area contributed by atoms with E-state index in [1.54, 1.807) is 12.1 Å². The number of amides is 1. The van der Waals surface area contributed by atoms with Gasteiger partial charge in [0.05, 0.1) is 12.5 Å². The maximum Gasteiger partial charge on any atom is 0.231 e. The second-order valence-electron chi connectivity index (χ2n) is 6.53. The maximum atomic E-state index is 12.8. The standard InChI is InChI=1S/C18H22FN3O3/c1-12(2)18(23)22-9-7-13(11-22)17-20-16(21-25-17)8-10-24-15-5-3-14(19)4-6-15/h3-6,12-13H,7-11H2,1-2H3. The predicted molar refractivity (Wildman–Crippen MR) is 88.7 cm³/mol. The second-order valence-corrected chi connectivity index (χ2v) is 6.53. The van der Waals surface area contributed by atoms with Gasteiger partial charge in [-0.2, -0.15) is 4.98 Å². The van der Waals surface area contributed by atoms with Crippen LogP contribution in [0.4, 0.5) is 4.39 Å². The van der Waals surface area contributed by atoms with Crippen molar-refractivity contribution in [3.05, 3.63) is 41.8 Å². The van der Waals surface area contributed by atoms with Crippen LogP contribution >= 0.6 is 0 Å². The Morgan fingerprint density at radius 1 is 1.40 bits per heavy atom. The van der Waals surface area contributed by atoms with Crippen LogP contribution < -0.4 is 4.74 Å². The first-order valence-corrected chi connectivity index (χ1v) is 8.52. The summed E-state index contributed by atoms with van der Waals surface area (Å²) in [7, 11) is 0. The van der Waals surface area contributed by atoms with Crippen LogP contribution in [0.15, 0.2) is 28.8 Å². The molecule has 2 heterocycles. The molecule has 1 unspecified atom stereocenters. The van der Waals surface area contributed by atoms with Gasteiger partial charge in [-0.25, -0.2) is 4.39 Å². The number of likely N-dealkylation sites (tertiary alicyclic amines) is 1. The van der Waals surface area contributed by atoms with E-state index in [0.29, 0.717) is 37.0 Å². The van der Waals surface area contributed by atoms with Crippen molar-refractivity contribution in [2.75, 3.05) is 19.7 Å². The molecular formula is C18H22FN3O3. The summed E-state index contributed by atoms with van der Waals surface area (Å²) in [6.07, 6.45) is 1.34. The summed E-state index contributed by atoms with van der Waals surface area (Å²) in [5.41, 5.74) is 0. The molecule has 0 bridgehead atoms. The van der Waals surface area contributed by atoms with Gasteiger partial charge in [0.1, 0.15) is 11.6 Å². The summed E-state index contributed by atoms with van der Waals surface area (Å²) >= 11 is 0. The third-order valence-corrected chi connectivity index (χ3v) is 4.23. The molecule has 1 amide bonds. The van der Waals surface area contributed by atoms with Gasteiger partial charge in [0.25, 0.3) is 0 Å². The number of rotatable bonds is 6. The van der Waals surface area contributed by atoms with E-state index >= 15 is 0 Å². The minimum absolute atomic E-state index is 0.000562. The van der Waals surface area contributed by atoms with Crippen molar-refractivity contribution in [3.63, 3.8) is 0 Å². The lowest BCUT2D eigenvalue weighted by atomic mass is 10.1. The molecular weight excluding hydrogens is 325 g/mol. The van der Waals surface area contributed by atoms with Crippen LogP contribution in [0.1, 0.15) is 37.9 Å². The number of hydrogen-bond donors (Lipinski definition) is 0. The smallest absolute Gasteiger partial charge is 0.231 e. The zero-order valence-electron chi connectivity index (χ0n) is 14.4. The van der Waals surface area contributed by atoms with Gasteiger partial charge in [-0.15, -0.1) is 0 Å². The molecule has 1 aromatic heterocycles. The second kappa shape index (κ2) is 7.63. The van der Waals surface area contributed by atoms with E-state index in [0.717, 1.165) is 13.0 Å². The molecule has 134 valence electrons. The minimum atomic E-state index is -0.295. The fraction of sp³-hybridized carbons (Fsp3) is 0.500. The van der Waals surface area contributed by atoms with Gasteiger partial charge in [0.15, 0.2) is 5.82 Å². The van der Waals surface area contributed by atoms with Gasteiger partial charge in [-0.3, -0.25) is 4.79 Å². The van der Waals surface area contributed by atoms with Crippen molar-refractivity contribution in [3.8, 4) is 5.75 Å². The predicted octanol–water partition coefficient (Wildman–Crippen LogP) is 2.80. The van der Waals surface area contributed by atoms with E-state index < -0.39 is 0 Å². The molecule has 0 saturated carbocycles. The Bertz CT molecular complexity index is 715. The molecule has 0 spiro atoms. The van der Waals surface area contributed by atoms with Crippen LogP contribution in [0.3, 0.4) is 0 Å². The Morgan fingerprint density at radius 2 is 2.16 bits per heavy atom. The van der Waals surface area contributed by atoms with Crippen LogP contribution in [0.2, 0.25) is 0 Å². The van der Waals surface area contributed by atoms with E-state index in [1.165, 1.54) is 12.1 Å². The first-order chi connectivity index (χ1) is 12.0. The van der Waals surface area contributed by atoms with Gasteiger partial charge in [-0.1, -0.05) is 19.0 Å². The zero-order chi connectivity index (χ0) is 17.8. The van der Waals surface area contributed by atoms with Crippen molar-refractivity contribution >= 4 is 5.91 Å². The van der Waals surface area contributed by atoms with Crippen molar-refractivity contribution in [2.45, 2.75) is 32.6 Å². The van der Waals surface area contributed by atoms with Gasteiger partial charge >= 0.3 is 0 Å². The lowest BCUT2D eigenvalue weighted by Crippen LogP contribution is -2.31. The SMILES string of the molecule is CC(C)C(=O)N1CCC(c2nc(CCOc3ccc(F)cc3)no2)C1. The molecule has 25 heavy (non-hydrogen) atoms. The summed E-state index contributed by atoms with van der Waals surface area (Å²) < 4.78 is 23.7. The summed E-state index contributed by atoms with van der Waals surface area (Å²) in [4.78, 5) is 18.3. The summed E-state index contributed by atoms with van der Waals surface area (Å²) in [6, 6.07) is 5.86. The average Bonchev–Trinajstić information content (AvgIpc) is 3.25. The normalized spacial score (nSPS) is 17.3. The molecule has 0 aliphatic carbocycles. The summed E-state index contributed by atoms with van der Waals surface area (Å²) in [6.45, 7) is 5.55. The molecule has 0 radical (unpaired) electrons. The first kappa shape index (κ1) is 17.4. The van der Waals surface area contributed by atoms with Gasteiger partial charge in [0, 0.05) is 25.4 Å². The molecule has 1 aromatic carbocycles. The zero-order valence-corrected chi connectivity index (χ0v) is 14.4. The Morgan fingerprint density at radius 3 is 2.88 bits per heavy atom. The average molecular weight is 347 g/mol. The first-order valence-electron chi connectivity index (χ1n) is 8.52. The van der Waals surface area contributed by atoms with Crippen LogP contribution in [0, 0.1) is 11.7 Å². The van der Waals surface area contributed by atoms with Crippen molar-refractivity contribution in [1.29, 1.82) is 0 Å². The van der Waals surface area contributed by atoms with E-state index in [4.69, 9.17) is 9.26 Å². The Labute approximate surface area is 146 Å². The molecule has 6 nitrogen and oxygen atoms in total. The molecule has 7 heteroatoms. The Hall–Kier alpha value is -2.44. The van der Waals surface area contributed by atoms with Crippen molar-refractivity contribution in [1.82, 2.24) is 15.0 Å². The quantitative estimate of drug-likeness (QED) is 0.804. The van der Waals surface area contributed by atoms with E-state index in [1.807, 2.05) is 18.7 Å². The number of carbonyl (C=O) groups is 1. The fourth-order valence-corrected chi connectivity index (χ4v) is 2.85. The Kier molecular flexibility index (Phi) is 5.31. The van der Waals surface area contributed by atoms with E-state index in [9.17, 15) is 9.18 Å². The highest BCUT2D eigenvalue weighted by atomic mass is 19.1. The van der Waals surface area contributed by atoms with E-state index in [-0.39, 0.29) is 23.6 Å². The maximum absolute atomic E-state index is 12.8. The van der Waals surface area contributed by atoms with Gasteiger partial charge in [0.2, 0.25) is 11.8 Å². The van der Waals surface area contributed by atoms with Crippen molar-refractivity contribution < 1.29 is 18.4 Å². The highest BCUT2D eigenvalue weighted by Crippen LogP contribution is 2.27. The number of ether oxygens (including phenoxy) is 1. The molecule has 1 atom stereocenters. The third-order valence-electron chi connectivity index (χ3n) is 4.23. The van der Waals surface area contributed by atoms with Gasteiger partial charge in [-0.05, 0) is 30.7 Å². The third kappa shape index (κ3) is 4.35. The largest absolute Gasteiger partial charge is 0.493 e. The van der Waals surface area contributed by atoms with Crippen LogP contribution in [-0.2, 0) is 11.2 Å². The highest BCUT2D eigenvalue weighted by molar-refractivity contribution is 5.78. The number of nitrogens with zero attached hydrogens (tertiary/aromatic N) is 3. The molecule has 3 rings (SSSR count). The van der Waals surface area contributed by atoms with E-state index in [2.05, 4.69) is 10.1 Å². The van der Waals surface area contributed by atoms with Crippen molar-refractivity contribution in [2.24, 2.45) is 5.92 Å². The van der Waals surface area contributed by atoms with Crippen LogP contribution in [-0.4, -0.2) is 40.6 Å². The number of aromatic nitrogens is 2. The molecule has 1 aliphatic heterocycles. The number of hydrogen-bond acceptors (Lipinski definition) is 5. The molecule has 0 N–H and O–H groups in total. The molecule has 1 saturated heterocycles. The molecule has 1 aliphatic rings. The molecule has 2 aromatic rings. The summed E-state index contributed by atoms with van der Waals surface area (Å²) in [5, 5.41) is 3.98. The minimum Gasteiger partial charge on any atom is -0.493 e. The number of carbonyl (C=O) groups excluding carboxylic acids is 1. The summed E-state index contributed by atoms with van der Waals surface area (Å²) in [5.74, 6) is 1.72. The fourth-order valence-electron chi connectivity index (χ4n) is 2.85. The lowest BCUT2D eigenvalue weighted by Gasteiger charge is -2.17. The van der Waals surface area contributed by atoms with Crippen LogP contribution in [0.5, 0.6) is 5.75 Å².